The van der Waals surface area contributed by atoms with E-state index in [0.717, 1.165) is 23.3 Å². The van der Waals surface area contributed by atoms with Crippen LogP contribution in [0.4, 0.5) is 18.3 Å². The van der Waals surface area contributed by atoms with Crippen LogP contribution in [-0.2, 0) is 28.8 Å². The Hall–Kier alpha value is -2.99. The van der Waals surface area contributed by atoms with Crippen LogP contribution in [0.1, 0.15) is 24.2 Å². The van der Waals surface area contributed by atoms with E-state index in [-0.39, 0.29) is 29.4 Å². The number of halogens is 3. The largest absolute Gasteiger partial charge is 0.449 e. The Balaban J connectivity index is 1.62. The number of rotatable bonds is 7. The number of aromatic nitrogens is 3. The molecule has 33 heavy (non-hydrogen) atoms. The lowest BCUT2D eigenvalue weighted by Gasteiger charge is -2.23. The molecule has 1 fully saturated rings. The minimum Gasteiger partial charge on any atom is -0.383 e. The normalized spacial score (nSPS) is 16.5. The highest BCUT2D eigenvalue weighted by molar-refractivity contribution is 7.21. The summed E-state index contributed by atoms with van der Waals surface area (Å²) < 4.78 is 46.0. The minimum atomic E-state index is -4.81. The van der Waals surface area contributed by atoms with Gasteiger partial charge in [0.15, 0.2) is 15.5 Å². The van der Waals surface area contributed by atoms with Crippen molar-refractivity contribution in [3.8, 4) is 0 Å². The van der Waals surface area contributed by atoms with Gasteiger partial charge in [-0.2, -0.15) is 13.2 Å². The fourth-order valence-corrected chi connectivity index (χ4v) is 4.80. The number of nitrogens with zero attached hydrogens (tertiary/aromatic N) is 4. The summed E-state index contributed by atoms with van der Waals surface area (Å²) in [6.45, 7) is 0.495. The second kappa shape index (κ2) is 9.48. The molecule has 0 bridgehead atoms. The van der Waals surface area contributed by atoms with Gasteiger partial charge in [0.05, 0.1) is 13.2 Å². The molecule has 1 aliphatic heterocycles. The molecular weight excluding hydrogens is 459 g/mol. The third-order valence-electron chi connectivity index (χ3n) is 5.39. The van der Waals surface area contributed by atoms with Crippen molar-refractivity contribution in [1.29, 1.82) is 0 Å². The van der Waals surface area contributed by atoms with Crippen molar-refractivity contribution in [3.05, 3.63) is 52.1 Å². The zero-order valence-electron chi connectivity index (χ0n) is 17.8. The van der Waals surface area contributed by atoms with Crippen molar-refractivity contribution in [2.24, 2.45) is 0 Å². The van der Waals surface area contributed by atoms with Crippen LogP contribution in [-0.4, -0.2) is 46.7 Å². The maximum atomic E-state index is 13.5. The van der Waals surface area contributed by atoms with Crippen LogP contribution in [0, 0.1) is 0 Å². The SMILES string of the molecule is COCCn1c(C(F)(F)F)nc2sc(N3CCCC3C(=O)NCc3ccccc3)nc2c1=O. The molecule has 0 radical (unpaired) electrons. The van der Waals surface area contributed by atoms with Gasteiger partial charge in [0.2, 0.25) is 11.7 Å². The standard InChI is InChI=1S/C21H22F3N5O3S/c1-32-11-10-29-18(31)15-17(27-19(29)21(22,23)24)33-20(26-15)28-9-5-8-14(28)16(30)25-12-13-6-3-2-4-7-13/h2-4,6-7,14H,5,8-12H2,1H3,(H,25,30). The Morgan fingerprint density at radius 3 is 2.73 bits per heavy atom. The maximum absolute atomic E-state index is 13.5. The Kier molecular flexibility index (Phi) is 6.66. The summed E-state index contributed by atoms with van der Waals surface area (Å²) in [4.78, 5) is 35.3. The van der Waals surface area contributed by atoms with Gasteiger partial charge < -0.3 is 15.0 Å². The third-order valence-corrected chi connectivity index (χ3v) is 6.38. The molecule has 2 aromatic heterocycles. The molecule has 1 aliphatic rings. The smallest absolute Gasteiger partial charge is 0.383 e. The van der Waals surface area contributed by atoms with Crippen molar-refractivity contribution >= 4 is 32.7 Å². The van der Waals surface area contributed by atoms with E-state index in [4.69, 9.17) is 4.74 Å². The summed E-state index contributed by atoms with van der Waals surface area (Å²) in [6, 6.07) is 8.93. The number of ether oxygens (including phenoxy) is 1. The van der Waals surface area contributed by atoms with E-state index in [9.17, 15) is 22.8 Å². The molecule has 1 unspecified atom stereocenters. The summed E-state index contributed by atoms with van der Waals surface area (Å²) in [6.07, 6.45) is -3.51. The molecule has 0 spiro atoms. The number of hydrogen-bond acceptors (Lipinski definition) is 7. The Labute approximate surface area is 191 Å². The Morgan fingerprint density at radius 1 is 1.27 bits per heavy atom. The van der Waals surface area contributed by atoms with E-state index >= 15 is 0 Å². The summed E-state index contributed by atoms with van der Waals surface area (Å²) in [7, 11) is 1.33. The highest BCUT2D eigenvalue weighted by atomic mass is 32.1. The lowest BCUT2D eigenvalue weighted by Crippen LogP contribution is -2.43. The summed E-state index contributed by atoms with van der Waals surface area (Å²) in [5.74, 6) is -1.48. The number of amides is 1. The number of benzene rings is 1. The van der Waals surface area contributed by atoms with E-state index < -0.39 is 23.6 Å². The molecule has 1 amide bonds. The van der Waals surface area contributed by atoms with Crippen LogP contribution < -0.4 is 15.8 Å². The van der Waals surface area contributed by atoms with Gasteiger partial charge in [0, 0.05) is 20.2 Å². The fraction of sp³-hybridized carbons (Fsp3) is 0.429. The first-order valence-electron chi connectivity index (χ1n) is 10.4. The third kappa shape index (κ3) is 4.86. The molecule has 0 aliphatic carbocycles. The molecular formula is C21H22F3N5O3S. The van der Waals surface area contributed by atoms with Gasteiger partial charge in [-0.25, -0.2) is 9.97 Å². The van der Waals surface area contributed by atoms with Crippen LogP contribution in [0.25, 0.3) is 10.3 Å². The molecule has 8 nitrogen and oxygen atoms in total. The topological polar surface area (TPSA) is 89.3 Å². The predicted molar refractivity (Wildman–Crippen MR) is 117 cm³/mol. The van der Waals surface area contributed by atoms with E-state index in [2.05, 4.69) is 15.3 Å². The van der Waals surface area contributed by atoms with Crippen molar-refractivity contribution in [3.63, 3.8) is 0 Å². The van der Waals surface area contributed by atoms with Gasteiger partial charge in [-0.3, -0.25) is 14.2 Å². The van der Waals surface area contributed by atoms with Crippen LogP contribution >= 0.6 is 11.3 Å². The molecule has 3 heterocycles. The van der Waals surface area contributed by atoms with Crippen LogP contribution in [0.15, 0.2) is 35.1 Å². The number of methoxy groups -OCH3 is 1. The maximum Gasteiger partial charge on any atom is 0.449 e. The van der Waals surface area contributed by atoms with Crippen molar-refractivity contribution < 1.29 is 22.7 Å². The van der Waals surface area contributed by atoms with E-state index in [1.165, 1.54) is 7.11 Å². The number of carbonyl (C=O) groups is 1. The average molecular weight is 482 g/mol. The summed E-state index contributed by atoms with van der Waals surface area (Å²) in [5.41, 5.74) is -0.0681. The van der Waals surface area contributed by atoms with Gasteiger partial charge >= 0.3 is 6.18 Å². The molecule has 3 aromatic rings. The van der Waals surface area contributed by atoms with Crippen LogP contribution in [0.2, 0.25) is 0 Å². The van der Waals surface area contributed by atoms with Crippen LogP contribution in [0.3, 0.4) is 0 Å². The van der Waals surface area contributed by atoms with Crippen molar-refractivity contribution in [2.75, 3.05) is 25.2 Å². The molecule has 0 saturated carbocycles. The predicted octanol–water partition coefficient (Wildman–Crippen LogP) is 2.80. The summed E-state index contributed by atoms with van der Waals surface area (Å²) in [5, 5.41) is 3.21. The second-order valence-electron chi connectivity index (χ2n) is 7.59. The van der Waals surface area contributed by atoms with Gasteiger partial charge in [-0.15, -0.1) is 0 Å². The number of thiazole rings is 1. The zero-order valence-corrected chi connectivity index (χ0v) is 18.6. The molecule has 1 atom stereocenters. The Morgan fingerprint density at radius 2 is 2.03 bits per heavy atom. The molecule has 1 saturated heterocycles. The van der Waals surface area contributed by atoms with Crippen LogP contribution in [0.5, 0.6) is 0 Å². The average Bonchev–Trinajstić information content (AvgIpc) is 3.44. The number of hydrogen-bond donors (Lipinski definition) is 1. The Bertz CT molecular complexity index is 1200. The molecule has 1 aromatic carbocycles. The monoisotopic (exact) mass is 481 g/mol. The summed E-state index contributed by atoms with van der Waals surface area (Å²) >= 11 is 0.886. The van der Waals surface area contributed by atoms with Crippen molar-refractivity contribution in [2.45, 2.75) is 38.1 Å². The molecule has 1 N–H and O–H groups in total. The van der Waals surface area contributed by atoms with Gasteiger partial charge in [0.1, 0.15) is 6.04 Å². The van der Waals surface area contributed by atoms with E-state index in [1.807, 2.05) is 30.3 Å². The number of carbonyl (C=O) groups excluding carboxylic acids is 1. The molecule has 12 heteroatoms. The first kappa shape index (κ1) is 23.2. The van der Waals surface area contributed by atoms with Gasteiger partial charge in [-0.05, 0) is 18.4 Å². The molecule has 176 valence electrons. The lowest BCUT2D eigenvalue weighted by molar-refractivity contribution is -0.148. The van der Waals surface area contributed by atoms with Gasteiger partial charge in [0.25, 0.3) is 5.56 Å². The van der Waals surface area contributed by atoms with E-state index in [0.29, 0.717) is 29.2 Å². The number of nitrogens with one attached hydrogen (secondary N) is 1. The highest BCUT2D eigenvalue weighted by Gasteiger charge is 2.39. The number of alkyl halides is 3. The van der Waals surface area contributed by atoms with E-state index in [1.54, 1.807) is 4.90 Å². The number of anilines is 1. The highest BCUT2D eigenvalue weighted by Crippen LogP contribution is 2.34. The molecule has 4 rings (SSSR count). The minimum absolute atomic E-state index is 0.0804. The zero-order chi connectivity index (χ0) is 23.6. The second-order valence-corrected chi connectivity index (χ2v) is 8.54. The quantitative estimate of drug-likeness (QED) is 0.558. The van der Waals surface area contributed by atoms with Crippen molar-refractivity contribution in [1.82, 2.24) is 19.9 Å². The fourth-order valence-electron chi connectivity index (χ4n) is 3.80. The van der Waals surface area contributed by atoms with Gasteiger partial charge in [-0.1, -0.05) is 41.7 Å². The first-order valence-corrected chi connectivity index (χ1v) is 11.2. The first-order chi connectivity index (χ1) is 15.8. The lowest BCUT2D eigenvalue weighted by atomic mass is 10.2. The number of fused-ring (bicyclic) bond motifs is 1.